The van der Waals surface area contributed by atoms with Gasteiger partial charge in [0, 0.05) is 6.54 Å². The molecule has 0 saturated heterocycles. The number of aliphatic hydroxyl groups is 1. The first-order chi connectivity index (χ1) is 5.24. The Labute approximate surface area is 69.2 Å². The lowest BCUT2D eigenvalue weighted by Gasteiger charge is -2.19. The molecule has 0 spiro atoms. The van der Waals surface area contributed by atoms with Crippen molar-refractivity contribution >= 4 is 0 Å². The van der Waals surface area contributed by atoms with Crippen molar-refractivity contribution in [1.29, 1.82) is 0 Å². The summed E-state index contributed by atoms with van der Waals surface area (Å²) in [6, 6.07) is 0. The molecule has 66 valence electrons. The summed E-state index contributed by atoms with van der Waals surface area (Å²) in [6.07, 6.45) is 3.59. The van der Waals surface area contributed by atoms with Crippen molar-refractivity contribution in [3.8, 4) is 0 Å². The van der Waals surface area contributed by atoms with E-state index in [1.54, 1.807) is 0 Å². The zero-order chi connectivity index (χ0) is 8.27. The SMILES string of the molecule is CCCN(C)CC(O)C1CC1. The van der Waals surface area contributed by atoms with Gasteiger partial charge in [-0.05, 0) is 38.8 Å². The van der Waals surface area contributed by atoms with E-state index in [4.69, 9.17) is 0 Å². The van der Waals surface area contributed by atoms with Crippen molar-refractivity contribution in [1.82, 2.24) is 4.90 Å². The topological polar surface area (TPSA) is 23.5 Å². The van der Waals surface area contributed by atoms with Crippen LogP contribution in [0.25, 0.3) is 0 Å². The molecule has 1 unspecified atom stereocenters. The monoisotopic (exact) mass is 157 g/mol. The largest absolute Gasteiger partial charge is 0.392 e. The Hall–Kier alpha value is -0.0800. The van der Waals surface area contributed by atoms with Crippen LogP contribution in [0.3, 0.4) is 0 Å². The second kappa shape index (κ2) is 4.07. The summed E-state index contributed by atoms with van der Waals surface area (Å²) < 4.78 is 0. The molecule has 1 fully saturated rings. The van der Waals surface area contributed by atoms with E-state index in [0.717, 1.165) is 13.1 Å². The Morgan fingerprint density at radius 1 is 1.55 bits per heavy atom. The maximum atomic E-state index is 9.54. The molecule has 1 aliphatic rings. The number of rotatable bonds is 5. The van der Waals surface area contributed by atoms with Crippen LogP contribution < -0.4 is 0 Å². The molecule has 0 aromatic carbocycles. The number of aliphatic hydroxyl groups excluding tert-OH is 1. The molecule has 1 atom stereocenters. The van der Waals surface area contributed by atoms with Crippen molar-refractivity contribution < 1.29 is 5.11 Å². The molecule has 0 bridgehead atoms. The first-order valence-electron chi connectivity index (χ1n) is 4.60. The molecule has 0 aliphatic heterocycles. The van der Waals surface area contributed by atoms with Gasteiger partial charge >= 0.3 is 0 Å². The Morgan fingerprint density at radius 2 is 2.18 bits per heavy atom. The molecule has 2 heteroatoms. The van der Waals surface area contributed by atoms with Gasteiger partial charge in [-0.1, -0.05) is 6.92 Å². The van der Waals surface area contributed by atoms with Gasteiger partial charge in [0.05, 0.1) is 6.10 Å². The fourth-order valence-electron chi connectivity index (χ4n) is 1.42. The molecule has 1 rings (SSSR count). The minimum Gasteiger partial charge on any atom is -0.392 e. The van der Waals surface area contributed by atoms with Gasteiger partial charge < -0.3 is 10.0 Å². The number of hydrogen-bond donors (Lipinski definition) is 1. The molecule has 1 aliphatic carbocycles. The zero-order valence-electron chi connectivity index (χ0n) is 7.58. The van der Waals surface area contributed by atoms with Gasteiger partial charge in [-0.2, -0.15) is 0 Å². The number of nitrogens with zero attached hydrogens (tertiary/aromatic N) is 1. The quantitative estimate of drug-likeness (QED) is 0.646. The van der Waals surface area contributed by atoms with Crippen molar-refractivity contribution in [2.45, 2.75) is 32.3 Å². The lowest BCUT2D eigenvalue weighted by Crippen LogP contribution is -2.30. The maximum Gasteiger partial charge on any atom is 0.0695 e. The van der Waals surface area contributed by atoms with Crippen LogP contribution in [0.2, 0.25) is 0 Å². The van der Waals surface area contributed by atoms with Gasteiger partial charge in [-0.25, -0.2) is 0 Å². The summed E-state index contributed by atoms with van der Waals surface area (Å²) in [5.74, 6) is 0.620. The van der Waals surface area contributed by atoms with E-state index in [-0.39, 0.29) is 6.10 Å². The highest BCUT2D eigenvalue weighted by atomic mass is 16.3. The van der Waals surface area contributed by atoms with E-state index in [9.17, 15) is 5.11 Å². The van der Waals surface area contributed by atoms with Gasteiger partial charge in [0.25, 0.3) is 0 Å². The average molecular weight is 157 g/mol. The Morgan fingerprint density at radius 3 is 2.64 bits per heavy atom. The first kappa shape index (κ1) is 9.01. The van der Waals surface area contributed by atoms with Gasteiger partial charge in [-0.15, -0.1) is 0 Å². The minimum atomic E-state index is -0.0634. The molecular weight excluding hydrogens is 138 g/mol. The van der Waals surface area contributed by atoms with Gasteiger partial charge in [0.15, 0.2) is 0 Å². The van der Waals surface area contributed by atoms with Crippen LogP contribution in [0.4, 0.5) is 0 Å². The van der Waals surface area contributed by atoms with E-state index < -0.39 is 0 Å². The Kier molecular flexibility index (Phi) is 3.34. The van der Waals surface area contributed by atoms with Gasteiger partial charge in [0.2, 0.25) is 0 Å². The zero-order valence-corrected chi connectivity index (χ0v) is 7.58. The summed E-state index contributed by atoms with van der Waals surface area (Å²) in [5, 5.41) is 9.54. The third-order valence-corrected chi connectivity index (χ3v) is 2.27. The molecule has 2 nitrogen and oxygen atoms in total. The standard InChI is InChI=1S/C9H19NO/c1-3-6-10(2)7-9(11)8-4-5-8/h8-9,11H,3-7H2,1-2H3. The first-order valence-corrected chi connectivity index (χ1v) is 4.60. The second-order valence-electron chi connectivity index (χ2n) is 3.67. The van der Waals surface area contributed by atoms with Crippen LogP contribution in [-0.2, 0) is 0 Å². The highest BCUT2D eigenvalue weighted by Crippen LogP contribution is 2.32. The van der Waals surface area contributed by atoms with E-state index >= 15 is 0 Å². The van der Waals surface area contributed by atoms with Crippen molar-refractivity contribution in [3.05, 3.63) is 0 Å². The van der Waals surface area contributed by atoms with Crippen LogP contribution in [0.15, 0.2) is 0 Å². The molecular formula is C9H19NO. The third kappa shape index (κ3) is 3.21. The summed E-state index contributed by atoms with van der Waals surface area (Å²) in [5.41, 5.74) is 0. The molecule has 1 N–H and O–H groups in total. The fraction of sp³-hybridized carbons (Fsp3) is 1.00. The molecule has 0 heterocycles. The molecule has 0 amide bonds. The van der Waals surface area contributed by atoms with Crippen LogP contribution in [-0.4, -0.2) is 36.2 Å². The minimum absolute atomic E-state index is 0.0634. The summed E-state index contributed by atoms with van der Waals surface area (Å²) in [7, 11) is 2.08. The summed E-state index contributed by atoms with van der Waals surface area (Å²) >= 11 is 0. The van der Waals surface area contributed by atoms with Crippen LogP contribution >= 0.6 is 0 Å². The lowest BCUT2D eigenvalue weighted by molar-refractivity contribution is 0.107. The Balaban J connectivity index is 2.07. The molecule has 1 saturated carbocycles. The summed E-state index contributed by atoms with van der Waals surface area (Å²) in [6.45, 7) is 4.13. The summed E-state index contributed by atoms with van der Waals surface area (Å²) in [4.78, 5) is 2.21. The number of hydrogen-bond acceptors (Lipinski definition) is 2. The van der Waals surface area contributed by atoms with Gasteiger partial charge in [0.1, 0.15) is 0 Å². The van der Waals surface area contributed by atoms with Crippen molar-refractivity contribution in [2.75, 3.05) is 20.1 Å². The Bertz CT molecular complexity index is 112. The van der Waals surface area contributed by atoms with Crippen LogP contribution in [0.1, 0.15) is 26.2 Å². The van der Waals surface area contributed by atoms with Crippen molar-refractivity contribution in [3.63, 3.8) is 0 Å². The number of likely N-dealkylation sites (N-methyl/N-ethyl adjacent to an activating group) is 1. The van der Waals surface area contributed by atoms with E-state index in [0.29, 0.717) is 5.92 Å². The molecule has 0 aromatic heterocycles. The van der Waals surface area contributed by atoms with Crippen LogP contribution in [0, 0.1) is 5.92 Å². The van der Waals surface area contributed by atoms with E-state index in [1.165, 1.54) is 19.3 Å². The fourth-order valence-corrected chi connectivity index (χ4v) is 1.42. The maximum absolute atomic E-state index is 9.54. The van der Waals surface area contributed by atoms with E-state index in [2.05, 4.69) is 18.9 Å². The normalized spacial score (nSPS) is 20.7. The van der Waals surface area contributed by atoms with Crippen molar-refractivity contribution in [2.24, 2.45) is 5.92 Å². The highest BCUT2D eigenvalue weighted by Gasteiger charge is 2.29. The molecule has 11 heavy (non-hydrogen) atoms. The van der Waals surface area contributed by atoms with E-state index in [1.807, 2.05) is 0 Å². The second-order valence-corrected chi connectivity index (χ2v) is 3.67. The van der Waals surface area contributed by atoms with Gasteiger partial charge in [-0.3, -0.25) is 0 Å². The lowest BCUT2D eigenvalue weighted by atomic mass is 10.2. The predicted molar refractivity (Wildman–Crippen MR) is 46.5 cm³/mol. The predicted octanol–water partition coefficient (Wildman–Crippen LogP) is 1.10. The molecule has 0 aromatic rings. The third-order valence-electron chi connectivity index (χ3n) is 2.27. The molecule has 0 radical (unpaired) electrons. The van der Waals surface area contributed by atoms with Crippen LogP contribution in [0.5, 0.6) is 0 Å². The average Bonchev–Trinajstić information content (AvgIpc) is 2.67. The smallest absolute Gasteiger partial charge is 0.0695 e. The highest BCUT2D eigenvalue weighted by molar-refractivity contribution is 4.82.